The maximum absolute atomic E-state index is 12.8. The van der Waals surface area contributed by atoms with Crippen LogP contribution >= 0.6 is 11.3 Å². The Morgan fingerprint density at radius 1 is 1.10 bits per heavy atom. The summed E-state index contributed by atoms with van der Waals surface area (Å²) in [6, 6.07) is 17.3. The highest BCUT2D eigenvalue weighted by Gasteiger charge is 2.13. The van der Waals surface area contributed by atoms with E-state index in [2.05, 4.69) is 10.3 Å². The first-order chi connectivity index (χ1) is 14.3. The minimum absolute atomic E-state index is 0.165. The van der Waals surface area contributed by atoms with Gasteiger partial charge in [-0.15, -0.1) is 11.3 Å². The number of benzene rings is 2. The molecule has 0 aliphatic heterocycles. The first-order valence-corrected chi connectivity index (χ1v) is 11.7. The van der Waals surface area contributed by atoms with Gasteiger partial charge in [0.1, 0.15) is 11.4 Å². The summed E-state index contributed by atoms with van der Waals surface area (Å²) in [6.45, 7) is -0.202. The zero-order chi connectivity index (χ0) is 21.3. The molecule has 1 N–H and O–H groups in total. The first-order valence-electron chi connectivity index (χ1n) is 8.95. The van der Waals surface area contributed by atoms with Gasteiger partial charge in [0.15, 0.2) is 9.84 Å². The van der Waals surface area contributed by atoms with Gasteiger partial charge in [-0.25, -0.2) is 13.4 Å². The number of hydrogen-bond acceptors (Lipinski definition) is 6. The van der Waals surface area contributed by atoms with E-state index in [1.165, 1.54) is 46.5 Å². The molecular formula is C21H17N3O4S2. The molecule has 4 rings (SSSR count). The standard InChI is InChI=1S/C21H17N3O4S2/c1-30(27,28)16-9-7-15(8-10-16)23-19(25)12-24-13-22-20-17(21(24)26)11-18(29-20)14-5-3-2-4-6-14/h2-11,13H,12H2,1H3,(H,23,25). The number of hydrogen-bond donors (Lipinski definition) is 1. The number of aromatic nitrogens is 2. The second-order valence-electron chi connectivity index (χ2n) is 6.72. The molecule has 1 amide bonds. The summed E-state index contributed by atoms with van der Waals surface area (Å²) in [5, 5.41) is 3.12. The predicted octanol–water partition coefficient (Wildman–Crippen LogP) is 3.17. The Morgan fingerprint density at radius 3 is 2.47 bits per heavy atom. The molecule has 30 heavy (non-hydrogen) atoms. The topological polar surface area (TPSA) is 98.1 Å². The zero-order valence-electron chi connectivity index (χ0n) is 15.9. The lowest BCUT2D eigenvalue weighted by molar-refractivity contribution is -0.116. The average Bonchev–Trinajstić information content (AvgIpc) is 3.16. The molecule has 0 saturated heterocycles. The van der Waals surface area contributed by atoms with Crippen LogP contribution in [0.4, 0.5) is 5.69 Å². The third-order valence-electron chi connectivity index (χ3n) is 4.46. The van der Waals surface area contributed by atoms with E-state index in [9.17, 15) is 18.0 Å². The molecule has 4 aromatic rings. The van der Waals surface area contributed by atoms with Gasteiger partial charge in [-0.2, -0.15) is 0 Å². The zero-order valence-corrected chi connectivity index (χ0v) is 17.5. The van der Waals surface area contributed by atoms with Gasteiger partial charge in [-0.3, -0.25) is 14.2 Å². The van der Waals surface area contributed by atoms with Crippen molar-refractivity contribution in [3.63, 3.8) is 0 Å². The largest absolute Gasteiger partial charge is 0.325 e. The molecule has 0 aliphatic carbocycles. The van der Waals surface area contributed by atoms with Crippen LogP contribution in [0.15, 0.2) is 76.7 Å². The van der Waals surface area contributed by atoms with Crippen molar-refractivity contribution < 1.29 is 13.2 Å². The predicted molar refractivity (Wildman–Crippen MR) is 117 cm³/mol. The summed E-state index contributed by atoms with van der Waals surface area (Å²) >= 11 is 1.42. The number of amides is 1. The van der Waals surface area contributed by atoms with Crippen molar-refractivity contribution in [3.8, 4) is 10.4 Å². The molecule has 0 spiro atoms. The van der Waals surface area contributed by atoms with Crippen molar-refractivity contribution >= 4 is 43.0 Å². The maximum Gasteiger partial charge on any atom is 0.262 e. The number of anilines is 1. The fourth-order valence-corrected chi connectivity index (χ4v) is 4.58. The van der Waals surface area contributed by atoms with Gasteiger partial charge in [-0.1, -0.05) is 30.3 Å². The molecule has 0 unspecified atom stereocenters. The van der Waals surface area contributed by atoms with Crippen molar-refractivity contribution in [1.82, 2.24) is 9.55 Å². The quantitative estimate of drug-likeness (QED) is 0.515. The van der Waals surface area contributed by atoms with Gasteiger partial charge < -0.3 is 5.32 Å². The summed E-state index contributed by atoms with van der Waals surface area (Å²) in [6.07, 6.45) is 2.48. The highest BCUT2D eigenvalue weighted by Crippen LogP contribution is 2.30. The summed E-state index contributed by atoms with van der Waals surface area (Å²) in [5.74, 6) is -0.413. The minimum Gasteiger partial charge on any atom is -0.325 e. The van der Waals surface area contributed by atoms with E-state index in [0.717, 1.165) is 16.7 Å². The normalized spacial score (nSPS) is 11.5. The molecule has 7 nitrogen and oxygen atoms in total. The first kappa shape index (κ1) is 20.0. The second kappa shape index (κ2) is 7.85. The second-order valence-corrected chi connectivity index (χ2v) is 9.76. The fraction of sp³-hybridized carbons (Fsp3) is 0.0952. The van der Waals surface area contributed by atoms with Gasteiger partial charge in [0.05, 0.1) is 16.6 Å². The lowest BCUT2D eigenvalue weighted by Gasteiger charge is -2.07. The fourth-order valence-electron chi connectivity index (χ4n) is 2.96. The number of carbonyl (C=O) groups is 1. The Balaban J connectivity index is 1.54. The van der Waals surface area contributed by atoms with Gasteiger partial charge in [0.2, 0.25) is 5.91 Å². The van der Waals surface area contributed by atoms with E-state index < -0.39 is 15.7 Å². The van der Waals surface area contributed by atoms with Crippen LogP contribution in [-0.4, -0.2) is 30.1 Å². The average molecular weight is 440 g/mol. The number of carbonyl (C=O) groups excluding carboxylic acids is 1. The van der Waals surface area contributed by atoms with E-state index in [0.29, 0.717) is 15.9 Å². The molecular weight excluding hydrogens is 422 g/mol. The molecule has 2 heterocycles. The molecule has 152 valence electrons. The van der Waals surface area contributed by atoms with Crippen LogP contribution in [0.1, 0.15) is 0 Å². The molecule has 0 fully saturated rings. The molecule has 0 atom stereocenters. The summed E-state index contributed by atoms with van der Waals surface area (Å²) in [5.41, 5.74) is 1.15. The molecule has 2 aromatic carbocycles. The maximum atomic E-state index is 12.8. The van der Waals surface area contributed by atoms with Crippen LogP contribution in [0.2, 0.25) is 0 Å². The van der Waals surface area contributed by atoms with Crippen molar-refractivity contribution in [2.45, 2.75) is 11.4 Å². The molecule has 9 heteroatoms. The van der Waals surface area contributed by atoms with Gasteiger partial charge in [-0.05, 0) is 35.9 Å². The molecule has 0 radical (unpaired) electrons. The Hall–Kier alpha value is -3.30. The number of sulfone groups is 1. The van der Waals surface area contributed by atoms with Crippen LogP contribution in [0.5, 0.6) is 0 Å². The van der Waals surface area contributed by atoms with Crippen molar-refractivity contribution in [2.24, 2.45) is 0 Å². The van der Waals surface area contributed by atoms with Gasteiger partial charge in [0.25, 0.3) is 5.56 Å². The van der Waals surface area contributed by atoms with Crippen LogP contribution < -0.4 is 10.9 Å². The third-order valence-corrected chi connectivity index (χ3v) is 6.68. The SMILES string of the molecule is CS(=O)(=O)c1ccc(NC(=O)Cn2cnc3sc(-c4ccccc4)cc3c2=O)cc1. The highest BCUT2D eigenvalue weighted by atomic mass is 32.2. The van der Waals surface area contributed by atoms with Crippen molar-refractivity contribution in [3.05, 3.63) is 77.3 Å². The van der Waals surface area contributed by atoms with E-state index in [4.69, 9.17) is 0 Å². The molecule has 0 aliphatic rings. The highest BCUT2D eigenvalue weighted by molar-refractivity contribution is 7.90. The van der Waals surface area contributed by atoms with E-state index >= 15 is 0 Å². The number of thiophene rings is 1. The van der Waals surface area contributed by atoms with Crippen LogP contribution in [0.25, 0.3) is 20.7 Å². The van der Waals surface area contributed by atoms with Gasteiger partial charge >= 0.3 is 0 Å². The van der Waals surface area contributed by atoms with Crippen LogP contribution in [0.3, 0.4) is 0 Å². The van der Waals surface area contributed by atoms with E-state index in [1.54, 1.807) is 6.07 Å². The van der Waals surface area contributed by atoms with Crippen molar-refractivity contribution in [1.29, 1.82) is 0 Å². The summed E-state index contributed by atoms with van der Waals surface area (Å²) in [7, 11) is -3.31. The lowest BCUT2D eigenvalue weighted by Crippen LogP contribution is -2.27. The van der Waals surface area contributed by atoms with Crippen LogP contribution in [0, 0.1) is 0 Å². The number of rotatable bonds is 5. The van der Waals surface area contributed by atoms with Crippen molar-refractivity contribution in [2.75, 3.05) is 11.6 Å². The summed E-state index contributed by atoms with van der Waals surface area (Å²) < 4.78 is 24.3. The Kier molecular flexibility index (Phi) is 5.23. The summed E-state index contributed by atoms with van der Waals surface area (Å²) in [4.78, 5) is 31.2. The molecule has 0 saturated carbocycles. The smallest absolute Gasteiger partial charge is 0.262 e. The number of fused-ring (bicyclic) bond motifs is 1. The van der Waals surface area contributed by atoms with Gasteiger partial charge in [0, 0.05) is 16.8 Å². The number of nitrogens with one attached hydrogen (secondary N) is 1. The number of nitrogens with zero attached hydrogens (tertiary/aromatic N) is 2. The minimum atomic E-state index is -3.31. The van der Waals surface area contributed by atoms with E-state index in [1.807, 2.05) is 30.3 Å². The Labute approximate surface area is 176 Å². The third kappa shape index (κ3) is 4.17. The monoisotopic (exact) mass is 439 g/mol. The molecule has 2 aromatic heterocycles. The van der Waals surface area contributed by atoms with E-state index in [-0.39, 0.29) is 17.0 Å². The van der Waals surface area contributed by atoms with Crippen LogP contribution in [-0.2, 0) is 21.2 Å². The molecule has 0 bridgehead atoms. The lowest BCUT2D eigenvalue weighted by atomic mass is 10.2. The Bertz CT molecular complexity index is 1390. The Morgan fingerprint density at radius 2 is 1.80 bits per heavy atom.